The Kier molecular flexibility index (Phi) is 6.23. The maximum Gasteiger partial charge on any atom is 0.0615 e. The molecule has 0 spiro atoms. The number of nitrogens with one attached hydrogen (secondary N) is 1. The summed E-state index contributed by atoms with van der Waals surface area (Å²) in [4.78, 5) is 0. The molecule has 0 saturated carbocycles. The van der Waals surface area contributed by atoms with Gasteiger partial charge in [-0.3, -0.25) is 0 Å². The molecule has 2 heteroatoms. The average molecular weight is 235 g/mol. The van der Waals surface area contributed by atoms with Crippen molar-refractivity contribution in [1.29, 1.82) is 0 Å². The number of hydrogen-bond acceptors (Lipinski definition) is 2. The lowest BCUT2D eigenvalue weighted by molar-refractivity contribution is 0.161. The van der Waals surface area contributed by atoms with Crippen molar-refractivity contribution in [3.63, 3.8) is 0 Å². The first-order valence-corrected chi connectivity index (χ1v) is 6.45. The van der Waals surface area contributed by atoms with Crippen molar-refractivity contribution >= 4 is 0 Å². The maximum atomic E-state index is 5.23. The second-order valence-electron chi connectivity index (χ2n) is 4.74. The summed E-state index contributed by atoms with van der Waals surface area (Å²) >= 11 is 0. The van der Waals surface area contributed by atoms with Crippen molar-refractivity contribution in [2.45, 2.75) is 46.2 Å². The minimum absolute atomic E-state index is 0.464. The van der Waals surface area contributed by atoms with E-state index in [1.807, 2.05) is 0 Å². The summed E-state index contributed by atoms with van der Waals surface area (Å²) in [5.41, 5.74) is 4.07. The van der Waals surface area contributed by atoms with Crippen LogP contribution in [0.4, 0.5) is 0 Å². The highest BCUT2D eigenvalue weighted by Crippen LogP contribution is 2.10. The molecule has 0 fully saturated rings. The van der Waals surface area contributed by atoms with Crippen LogP contribution in [0.25, 0.3) is 0 Å². The van der Waals surface area contributed by atoms with Crippen LogP contribution in [-0.4, -0.2) is 19.8 Å². The minimum Gasteiger partial charge on any atom is -0.383 e. The molecule has 1 unspecified atom stereocenters. The molecule has 0 radical (unpaired) electrons. The first-order valence-electron chi connectivity index (χ1n) is 6.45. The first-order chi connectivity index (χ1) is 8.17. The molecule has 96 valence electrons. The Bertz CT molecular complexity index is 330. The Labute approximate surface area is 105 Å². The van der Waals surface area contributed by atoms with Gasteiger partial charge in [-0.25, -0.2) is 0 Å². The fourth-order valence-electron chi connectivity index (χ4n) is 1.97. The van der Waals surface area contributed by atoms with Crippen LogP contribution in [0.1, 0.15) is 36.5 Å². The Morgan fingerprint density at radius 2 is 2.00 bits per heavy atom. The number of aryl methyl sites for hydroxylation is 2. The van der Waals surface area contributed by atoms with Crippen LogP contribution >= 0.6 is 0 Å². The van der Waals surface area contributed by atoms with Crippen molar-refractivity contribution in [1.82, 2.24) is 5.32 Å². The lowest BCUT2D eigenvalue weighted by Gasteiger charge is -2.17. The number of benzene rings is 1. The van der Waals surface area contributed by atoms with E-state index >= 15 is 0 Å². The second kappa shape index (κ2) is 7.46. The van der Waals surface area contributed by atoms with E-state index in [-0.39, 0.29) is 0 Å². The van der Waals surface area contributed by atoms with Gasteiger partial charge in [0.25, 0.3) is 0 Å². The largest absolute Gasteiger partial charge is 0.383 e. The van der Waals surface area contributed by atoms with E-state index < -0.39 is 0 Å². The monoisotopic (exact) mass is 235 g/mol. The molecule has 0 aromatic heterocycles. The van der Waals surface area contributed by atoms with Crippen molar-refractivity contribution in [2.24, 2.45) is 0 Å². The number of rotatable bonds is 7. The van der Waals surface area contributed by atoms with Crippen LogP contribution in [0.15, 0.2) is 18.2 Å². The molecule has 1 atom stereocenters. The maximum absolute atomic E-state index is 5.23. The van der Waals surface area contributed by atoms with Gasteiger partial charge < -0.3 is 10.1 Å². The van der Waals surface area contributed by atoms with E-state index in [0.29, 0.717) is 6.04 Å². The molecule has 0 aliphatic heterocycles. The second-order valence-corrected chi connectivity index (χ2v) is 4.74. The molecular weight excluding hydrogens is 210 g/mol. The predicted octanol–water partition coefficient (Wildman–Crippen LogP) is 3.21. The lowest BCUT2D eigenvalue weighted by Crippen LogP contribution is -2.32. The highest BCUT2D eigenvalue weighted by molar-refractivity contribution is 5.29. The fraction of sp³-hybridized carbons (Fsp3) is 0.600. The number of methoxy groups -OCH3 is 1. The van der Waals surface area contributed by atoms with Gasteiger partial charge in [0.1, 0.15) is 0 Å². The molecule has 0 amide bonds. The third-order valence-corrected chi connectivity index (χ3v) is 3.17. The predicted molar refractivity (Wildman–Crippen MR) is 73.3 cm³/mol. The molecular formula is C15H25NO. The summed E-state index contributed by atoms with van der Waals surface area (Å²) in [6.45, 7) is 8.24. The van der Waals surface area contributed by atoms with Gasteiger partial charge in [-0.05, 0) is 37.0 Å². The van der Waals surface area contributed by atoms with Crippen LogP contribution in [0.2, 0.25) is 0 Å². The van der Waals surface area contributed by atoms with Crippen molar-refractivity contribution in [3.8, 4) is 0 Å². The molecule has 17 heavy (non-hydrogen) atoms. The third kappa shape index (κ3) is 4.88. The zero-order chi connectivity index (χ0) is 12.7. The molecule has 0 aliphatic carbocycles. The van der Waals surface area contributed by atoms with Gasteiger partial charge in [0.2, 0.25) is 0 Å². The summed E-state index contributed by atoms with van der Waals surface area (Å²) in [6, 6.07) is 7.12. The molecule has 2 nitrogen and oxygen atoms in total. The normalized spacial score (nSPS) is 12.7. The third-order valence-electron chi connectivity index (χ3n) is 3.17. The van der Waals surface area contributed by atoms with Gasteiger partial charge in [0.05, 0.1) is 6.61 Å². The molecule has 0 saturated heterocycles. The average Bonchev–Trinajstić information content (AvgIpc) is 2.31. The number of ether oxygens (including phenoxy) is 1. The van der Waals surface area contributed by atoms with Crippen LogP contribution in [-0.2, 0) is 11.3 Å². The topological polar surface area (TPSA) is 21.3 Å². The van der Waals surface area contributed by atoms with Crippen LogP contribution in [0.5, 0.6) is 0 Å². The molecule has 1 N–H and O–H groups in total. The van der Waals surface area contributed by atoms with Gasteiger partial charge >= 0.3 is 0 Å². The first kappa shape index (κ1) is 14.2. The van der Waals surface area contributed by atoms with Gasteiger partial charge in [0, 0.05) is 19.7 Å². The quantitative estimate of drug-likeness (QED) is 0.783. The highest BCUT2D eigenvalue weighted by atomic mass is 16.5. The summed E-state index contributed by atoms with van der Waals surface area (Å²) in [5, 5.41) is 3.56. The molecule has 1 aromatic rings. The number of hydrogen-bond donors (Lipinski definition) is 1. The van der Waals surface area contributed by atoms with Gasteiger partial charge in [-0.2, -0.15) is 0 Å². The SMILES string of the molecule is CCCC(COC)NCc1ccc(C)c(C)c1. The van der Waals surface area contributed by atoms with Crippen molar-refractivity contribution in [2.75, 3.05) is 13.7 Å². The standard InChI is InChI=1S/C15H25NO/c1-5-6-15(11-17-4)16-10-14-8-7-12(2)13(3)9-14/h7-9,15-16H,5-6,10-11H2,1-4H3. The van der Waals surface area contributed by atoms with Crippen molar-refractivity contribution in [3.05, 3.63) is 34.9 Å². The summed E-state index contributed by atoms with van der Waals surface area (Å²) < 4.78 is 5.23. The van der Waals surface area contributed by atoms with Gasteiger partial charge in [-0.1, -0.05) is 31.5 Å². The van der Waals surface area contributed by atoms with Gasteiger partial charge in [-0.15, -0.1) is 0 Å². The van der Waals surface area contributed by atoms with Gasteiger partial charge in [0.15, 0.2) is 0 Å². The Morgan fingerprint density at radius 3 is 2.59 bits per heavy atom. The Hall–Kier alpha value is -0.860. The zero-order valence-corrected chi connectivity index (χ0v) is 11.5. The highest BCUT2D eigenvalue weighted by Gasteiger charge is 2.06. The Morgan fingerprint density at radius 1 is 1.24 bits per heavy atom. The molecule has 1 aromatic carbocycles. The molecule has 0 aliphatic rings. The molecule has 0 bridgehead atoms. The minimum atomic E-state index is 0.464. The molecule has 0 heterocycles. The van der Waals surface area contributed by atoms with E-state index in [2.05, 4.69) is 44.3 Å². The Balaban J connectivity index is 2.49. The summed E-state index contributed by atoms with van der Waals surface area (Å²) in [6.07, 6.45) is 2.35. The van der Waals surface area contributed by atoms with Crippen LogP contribution in [0, 0.1) is 13.8 Å². The molecule has 1 rings (SSSR count). The summed E-state index contributed by atoms with van der Waals surface area (Å²) in [7, 11) is 1.76. The van der Waals surface area contributed by atoms with E-state index in [1.54, 1.807) is 7.11 Å². The van der Waals surface area contributed by atoms with E-state index in [1.165, 1.54) is 29.5 Å². The zero-order valence-electron chi connectivity index (χ0n) is 11.5. The van der Waals surface area contributed by atoms with Crippen LogP contribution < -0.4 is 5.32 Å². The van der Waals surface area contributed by atoms with E-state index in [4.69, 9.17) is 4.74 Å². The van der Waals surface area contributed by atoms with Crippen molar-refractivity contribution < 1.29 is 4.74 Å². The van der Waals surface area contributed by atoms with Crippen LogP contribution in [0.3, 0.4) is 0 Å². The lowest BCUT2D eigenvalue weighted by atomic mass is 10.1. The van der Waals surface area contributed by atoms with E-state index in [0.717, 1.165) is 13.2 Å². The summed E-state index contributed by atoms with van der Waals surface area (Å²) in [5.74, 6) is 0. The van der Waals surface area contributed by atoms with E-state index in [9.17, 15) is 0 Å². The smallest absolute Gasteiger partial charge is 0.0615 e. The fourth-order valence-corrected chi connectivity index (χ4v) is 1.97.